The lowest BCUT2D eigenvalue weighted by Crippen LogP contribution is -2.51. The van der Waals surface area contributed by atoms with Gasteiger partial charge in [0.1, 0.15) is 0 Å². The summed E-state index contributed by atoms with van der Waals surface area (Å²) in [5, 5.41) is 8.87. The fraction of sp³-hybridized carbons (Fsp3) is 1.00. The third kappa shape index (κ3) is 2.67. The quantitative estimate of drug-likeness (QED) is 0.647. The van der Waals surface area contributed by atoms with Gasteiger partial charge in [-0.1, -0.05) is 0 Å². The summed E-state index contributed by atoms with van der Waals surface area (Å²) in [6, 6.07) is 0. The van der Waals surface area contributed by atoms with Crippen LogP contribution in [0.3, 0.4) is 0 Å². The lowest BCUT2D eigenvalue weighted by molar-refractivity contribution is 0.0142. The first-order valence-corrected chi connectivity index (χ1v) is 5.52. The summed E-state index contributed by atoms with van der Waals surface area (Å²) in [5.74, 6) is 0.541. The highest BCUT2D eigenvalue weighted by Gasteiger charge is 2.25. The monoisotopic (exact) mass is 200 g/mol. The first-order valence-electron chi connectivity index (χ1n) is 5.52. The van der Waals surface area contributed by atoms with E-state index in [9.17, 15) is 0 Å². The summed E-state index contributed by atoms with van der Waals surface area (Å²) in [7, 11) is 0. The maximum absolute atomic E-state index is 8.87. The summed E-state index contributed by atoms with van der Waals surface area (Å²) in [6.45, 7) is 8.76. The molecule has 0 aromatic rings. The molecule has 2 heterocycles. The Hall–Kier alpha value is -0.160. The molecule has 14 heavy (non-hydrogen) atoms. The molecule has 0 atom stereocenters. The van der Waals surface area contributed by atoms with Gasteiger partial charge in [-0.2, -0.15) is 0 Å². The van der Waals surface area contributed by atoms with Crippen molar-refractivity contribution in [2.45, 2.75) is 0 Å². The van der Waals surface area contributed by atoms with Gasteiger partial charge in [-0.3, -0.25) is 4.90 Å². The Kier molecular flexibility index (Phi) is 3.75. The highest BCUT2D eigenvalue weighted by molar-refractivity contribution is 4.79. The second kappa shape index (κ2) is 5.07. The second-order valence-corrected chi connectivity index (χ2v) is 4.26. The molecule has 2 aliphatic rings. The van der Waals surface area contributed by atoms with Gasteiger partial charge in [0.25, 0.3) is 0 Å². The van der Waals surface area contributed by atoms with Crippen LogP contribution in [-0.2, 0) is 4.74 Å². The Morgan fingerprint density at radius 2 is 1.71 bits per heavy atom. The molecule has 2 fully saturated rings. The SMILES string of the molecule is OCC1CN(CCN2CCOCC2)C1. The largest absolute Gasteiger partial charge is 0.396 e. The molecule has 4 heteroatoms. The second-order valence-electron chi connectivity index (χ2n) is 4.26. The average Bonchev–Trinajstić information content (AvgIpc) is 2.17. The van der Waals surface area contributed by atoms with Crippen LogP contribution in [0.25, 0.3) is 0 Å². The van der Waals surface area contributed by atoms with Crippen molar-refractivity contribution in [2.24, 2.45) is 5.92 Å². The number of hydrogen-bond acceptors (Lipinski definition) is 4. The van der Waals surface area contributed by atoms with Crippen LogP contribution in [0.1, 0.15) is 0 Å². The van der Waals surface area contributed by atoms with Crippen LogP contribution in [0, 0.1) is 5.92 Å². The van der Waals surface area contributed by atoms with Gasteiger partial charge >= 0.3 is 0 Å². The molecule has 82 valence electrons. The van der Waals surface area contributed by atoms with Crippen molar-refractivity contribution >= 4 is 0 Å². The van der Waals surface area contributed by atoms with Gasteiger partial charge < -0.3 is 14.7 Å². The van der Waals surface area contributed by atoms with Gasteiger partial charge in [0.05, 0.1) is 13.2 Å². The molecule has 0 bridgehead atoms. The van der Waals surface area contributed by atoms with Gasteiger partial charge in [-0.05, 0) is 0 Å². The lowest BCUT2D eigenvalue weighted by Gasteiger charge is -2.39. The molecule has 0 aromatic carbocycles. The maximum Gasteiger partial charge on any atom is 0.0594 e. The van der Waals surface area contributed by atoms with E-state index >= 15 is 0 Å². The Labute approximate surface area is 85.4 Å². The van der Waals surface area contributed by atoms with Gasteiger partial charge in [-0.25, -0.2) is 0 Å². The molecule has 0 spiro atoms. The molecule has 1 N–H and O–H groups in total. The van der Waals surface area contributed by atoms with Gasteiger partial charge in [-0.15, -0.1) is 0 Å². The van der Waals surface area contributed by atoms with Gasteiger partial charge in [0, 0.05) is 51.8 Å². The van der Waals surface area contributed by atoms with E-state index < -0.39 is 0 Å². The third-order valence-corrected chi connectivity index (χ3v) is 3.13. The number of aliphatic hydroxyl groups is 1. The van der Waals surface area contributed by atoms with E-state index in [2.05, 4.69) is 9.80 Å². The molecule has 0 aromatic heterocycles. The summed E-state index contributed by atoms with van der Waals surface area (Å²) in [4.78, 5) is 4.87. The number of morpholine rings is 1. The minimum Gasteiger partial charge on any atom is -0.396 e. The maximum atomic E-state index is 8.87. The molecule has 0 radical (unpaired) electrons. The smallest absolute Gasteiger partial charge is 0.0594 e. The van der Waals surface area contributed by atoms with Crippen molar-refractivity contribution < 1.29 is 9.84 Å². The van der Waals surface area contributed by atoms with Crippen LogP contribution in [0.4, 0.5) is 0 Å². The number of hydrogen-bond donors (Lipinski definition) is 1. The molecule has 0 saturated carbocycles. The van der Waals surface area contributed by atoms with Gasteiger partial charge in [0.2, 0.25) is 0 Å². The molecule has 0 unspecified atom stereocenters. The van der Waals surface area contributed by atoms with Crippen molar-refractivity contribution in [1.82, 2.24) is 9.80 Å². The predicted molar refractivity (Wildman–Crippen MR) is 54.3 cm³/mol. The van der Waals surface area contributed by atoms with Crippen LogP contribution < -0.4 is 0 Å². The number of likely N-dealkylation sites (tertiary alicyclic amines) is 1. The van der Waals surface area contributed by atoms with Gasteiger partial charge in [0.15, 0.2) is 0 Å². The minimum atomic E-state index is 0.355. The van der Waals surface area contributed by atoms with Crippen molar-refractivity contribution in [3.8, 4) is 0 Å². The van der Waals surface area contributed by atoms with Crippen LogP contribution in [0.5, 0.6) is 0 Å². The van der Waals surface area contributed by atoms with Crippen LogP contribution in [0.15, 0.2) is 0 Å². The predicted octanol–water partition coefficient (Wildman–Crippen LogP) is -0.757. The van der Waals surface area contributed by atoms with Crippen LogP contribution >= 0.6 is 0 Å². The van der Waals surface area contributed by atoms with Crippen molar-refractivity contribution in [2.75, 3.05) is 59.1 Å². The molecule has 4 nitrogen and oxygen atoms in total. The molecular weight excluding hydrogens is 180 g/mol. The van der Waals surface area contributed by atoms with E-state index in [-0.39, 0.29) is 0 Å². The first-order chi connectivity index (χ1) is 6.88. The first kappa shape index (κ1) is 10.4. The lowest BCUT2D eigenvalue weighted by atomic mass is 10.0. The Morgan fingerprint density at radius 1 is 1.07 bits per heavy atom. The molecule has 0 amide bonds. The summed E-state index contributed by atoms with van der Waals surface area (Å²) in [5.41, 5.74) is 0. The van der Waals surface area contributed by atoms with Crippen LogP contribution in [0.2, 0.25) is 0 Å². The highest BCUT2D eigenvalue weighted by atomic mass is 16.5. The Balaban J connectivity index is 1.54. The standard InChI is InChI=1S/C10H20N2O2/c13-9-10-7-12(8-10)2-1-11-3-5-14-6-4-11/h10,13H,1-9H2. The molecule has 0 aliphatic carbocycles. The zero-order chi connectivity index (χ0) is 9.80. The van der Waals surface area contributed by atoms with Crippen LogP contribution in [-0.4, -0.2) is 74.0 Å². The number of nitrogens with zero attached hydrogens (tertiary/aromatic N) is 2. The summed E-state index contributed by atoms with van der Waals surface area (Å²) < 4.78 is 5.29. The Morgan fingerprint density at radius 3 is 2.36 bits per heavy atom. The number of ether oxygens (including phenoxy) is 1. The van der Waals surface area contributed by atoms with Crippen molar-refractivity contribution in [3.63, 3.8) is 0 Å². The minimum absolute atomic E-state index is 0.355. The summed E-state index contributed by atoms with van der Waals surface area (Å²) in [6.07, 6.45) is 0. The summed E-state index contributed by atoms with van der Waals surface area (Å²) >= 11 is 0. The molecule has 2 saturated heterocycles. The third-order valence-electron chi connectivity index (χ3n) is 3.13. The van der Waals surface area contributed by atoms with E-state index in [1.165, 1.54) is 0 Å². The fourth-order valence-corrected chi connectivity index (χ4v) is 2.08. The molecular formula is C10H20N2O2. The van der Waals surface area contributed by atoms with E-state index in [1.54, 1.807) is 0 Å². The molecule has 2 aliphatic heterocycles. The normalized spacial score (nSPS) is 26.4. The zero-order valence-corrected chi connectivity index (χ0v) is 8.69. The topological polar surface area (TPSA) is 35.9 Å². The zero-order valence-electron chi connectivity index (χ0n) is 8.69. The highest BCUT2D eigenvalue weighted by Crippen LogP contribution is 2.13. The molecule has 2 rings (SSSR count). The van der Waals surface area contributed by atoms with E-state index in [1.807, 2.05) is 0 Å². The fourth-order valence-electron chi connectivity index (χ4n) is 2.08. The average molecular weight is 200 g/mol. The van der Waals surface area contributed by atoms with E-state index in [0.717, 1.165) is 52.5 Å². The van der Waals surface area contributed by atoms with Crippen molar-refractivity contribution in [3.05, 3.63) is 0 Å². The number of rotatable bonds is 4. The van der Waals surface area contributed by atoms with E-state index in [4.69, 9.17) is 9.84 Å². The number of aliphatic hydroxyl groups excluding tert-OH is 1. The van der Waals surface area contributed by atoms with E-state index in [0.29, 0.717) is 12.5 Å². The van der Waals surface area contributed by atoms with Crippen molar-refractivity contribution in [1.29, 1.82) is 0 Å². The Bertz CT molecular complexity index is 166.